The van der Waals surface area contributed by atoms with Crippen LogP contribution in [0, 0.1) is 0 Å². The molecule has 0 atom stereocenters. The fourth-order valence-electron chi connectivity index (χ4n) is 1.02. The van der Waals surface area contributed by atoms with Crippen molar-refractivity contribution in [2.75, 3.05) is 7.11 Å². The van der Waals surface area contributed by atoms with Crippen LogP contribution in [0.4, 0.5) is 13.2 Å². The Kier molecular flexibility index (Phi) is 2.88. The summed E-state index contributed by atoms with van der Waals surface area (Å²) in [4.78, 5) is 10.7. The molecule has 0 spiro atoms. The summed E-state index contributed by atoms with van der Waals surface area (Å²) < 4.78 is 41.7. The van der Waals surface area contributed by atoms with Crippen molar-refractivity contribution in [2.24, 2.45) is 5.73 Å². The van der Waals surface area contributed by atoms with Gasteiger partial charge in [-0.3, -0.25) is 4.79 Å². The largest absolute Gasteiger partial charge is 0.497 e. The summed E-state index contributed by atoms with van der Waals surface area (Å²) in [6, 6.07) is 2.63. The number of methoxy groups -OCH3 is 1. The molecule has 0 aromatic heterocycles. The lowest BCUT2D eigenvalue weighted by Crippen LogP contribution is -2.13. The third-order valence-electron chi connectivity index (χ3n) is 1.75. The van der Waals surface area contributed by atoms with Gasteiger partial charge < -0.3 is 10.5 Å². The lowest BCUT2D eigenvalue weighted by Gasteiger charge is -2.09. The normalized spacial score (nSPS) is 11.2. The van der Waals surface area contributed by atoms with Crippen LogP contribution in [0.1, 0.15) is 15.9 Å². The molecule has 0 aliphatic rings. The number of hydrogen-bond donors (Lipinski definition) is 1. The van der Waals surface area contributed by atoms with Crippen LogP contribution in [0.15, 0.2) is 18.2 Å². The Labute approximate surface area is 83.6 Å². The van der Waals surface area contributed by atoms with Crippen molar-refractivity contribution in [3.05, 3.63) is 29.3 Å². The van der Waals surface area contributed by atoms with Crippen LogP contribution in [0.3, 0.4) is 0 Å². The fraction of sp³-hybridized carbons (Fsp3) is 0.222. The third-order valence-corrected chi connectivity index (χ3v) is 1.75. The van der Waals surface area contributed by atoms with Crippen LogP contribution < -0.4 is 10.5 Å². The third kappa shape index (κ3) is 2.61. The summed E-state index contributed by atoms with van der Waals surface area (Å²) in [5.74, 6) is -0.988. The van der Waals surface area contributed by atoms with E-state index in [0.717, 1.165) is 12.1 Å². The van der Waals surface area contributed by atoms with E-state index >= 15 is 0 Å². The summed E-state index contributed by atoms with van der Waals surface area (Å²) in [5.41, 5.74) is 3.69. The van der Waals surface area contributed by atoms with Crippen LogP contribution in [0.2, 0.25) is 0 Å². The van der Waals surface area contributed by atoms with Gasteiger partial charge in [0, 0.05) is 5.56 Å². The molecule has 0 radical (unpaired) electrons. The number of amides is 1. The highest BCUT2D eigenvalue weighted by atomic mass is 19.4. The molecular weight excluding hydrogens is 211 g/mol. The van der Waals surface area contributed by atoms with E-state index in [1.165, 1.54) is 7.11 Å². The van der Waals surface area contributed by atoms with Crippen molar-refractivity contribution in [3.8, 4) is 5.75 Å². The minimum Gasteiger partial charge on any atom is -0.497 e. The van der Waals surface area contributed by atoms with Gasteiger partial charge in [0.1, 0.15) is 5.75 Å². The number of nitrogens with two attached hydrogens (primary N) is 1. The maximum atomic E-state index is 12.3. The standard InChI is InChI=1S/C9H8F3NO2/c1-15-7-3-5(8(13)14)2-6(4-7)9(10,11)12/h2-4H,1H3,(H2,13,14). The van der Waals surface area contributed by atoms with E-state index in [1.54, 1.807) is 0 Å². The van der Waals surface area contributed by atoms with Crippen LogP contribution in [-0.2, 0) is 6.18 Å². The number of carbonyl (C=O) groups is 1. The van der Waals surface area contributed by atoms with Gasteiger partial charge in [-0.2, -0.15) is 13.2 Å². The van der Waals surface area contributed by atoms with Gasteiger partial charge >= 0.3 is 6.18 Å². The lowest BCUT2D eigenvalue weighted by molar-refractivity contribution is -0.137. The van der Waals surface area contributed by atoms with E-state index in [-0.39, 0.29) is 11.3 Å². The molecule has 0 heterocycles. The monoisotopic (exact) mass is 219 g/mol. The predicted molar refractivity (Wildman–Crippen MR) is 46.5 cm³/mol. The van der Waals surface area contributed by atoms with Gasteiger partial charge in [-0.25, -0.2) is 0 Å². The predicted octanol–water partition coefficient (Wildman–Crippen LogP) is 1.81. The molecule has 1 aromatic rings. The maximum absolute atomic E-state index is 12.3. The van der Waals surface area contributed by atoms with Gasteiger partial charge in [0.25, 0.3) is 0 Å². The molecule has 0 saturated carbocycles. The molecule has 1 aromatic carbocycles. The zero-order valence-electron chi connectivity index (χ0n) is 7.76. The van der Waals surface area contributed by atoms with Gasteiger partial charge in [-0.05, 0) is 18.2 Å². The van der Waals surface area contributed by atoms with E-state index in [2.05, 4.69) is 4.74 Å². The highest BCUT2D eigenvalue weighted by molar-refractivity contribution is 5.93. The number of ether oxygens (including phenoxy) is 1. The smallest absolute Gasteiger partial charge is 0.416 e. The summed E-state index contributed by atoms with van der Waals surface area (Å²) >= 11 is 0. The average molecular weight is 219 g/mol. The van der Waals surface area contributed by atoms with E-state index in [9.17, 15) is 18.0 Å². The Morgan fingerprint density at radius 1 is 1.33 bits per heavy atom. The molecular formula is C9H8F3NO2. The van der Waals surface area contributed by atoms with E-state index in [4.69, 9.17) is 5.73 Å². The molecule has 1 amide bonds. The van der Waals surface area contributed by atoms with Crippen molar-refractivity contribution >= 4 is 5.91 Å². The number of rotatable bonds is 2. The molecule has 0 unspecified atom stereocenters. The number of benzene rings is 1. The molecule has 0 fully saturated rings. The van der Waals surface area contributed by atoms with Crippen molar-refractivity contribution in [2.45, 2.75) is 6.18 Å². The van der Waals surface area contributed by atoms with Crippen molar-refractivity contribution in [1.29, 1.82) is 0 Å². The Morgan fingerprint density at radius 3 is 2.33 bits per heavy atom. The Bertz CT molecular complexity index is 387. The number of primary amides is 1. The minimum atomic E-state index is -4.53. The van der Waals surface area contributed by atoms with Crippen molar-refractivity contribution in [1.82, 2.24) is 0 Å². The average Bonchev–Trinajstić information content (AvgIpc) is 2.15. The van der Waals surface area contributed by atoms with Gasteiger partial charge in [-0.15, -0.1) is 0 Å². The molecule has 0 aliphatic carbocycles. The van der Waals surface area contributed by atoms with Crippen LogP contribution >= 0.6 is 0 Å². The molecule has 0 saturated heterocycles. The van der Waals surface area contributed by atoms with E-state index < -0.39 is 17.6 Å². The van der Waals surface area contributed by atoms with Gasteiger partial charge in [0.05, 0.1) is 12.7 Å². The van der Waals surface area contributed by atoms with Crippen LogP contribution in [0.25, 0.3) is 0 Å². The SMILES string of the molecule is COc1cc(C(N)=O)cc(C(F)(F)F)c1. The first kappa shape index (κ1) is 11.4. The van der Waals surface area contributed by atoms with Gasteiger partial charge in [-0.1, -0.05) is 0 Å². The van der Waals surface area contributed by atoms with Crippen LogP contribution in [-0.4, -0.2) is 13.0 Å². The second kappa shape index (κ2) is 3.80. The highest BCUT2D eigenvalue weighted by Crippen LogP contribution is 2.32. The molecule has 15 heavy (non-hydrogen) atoms. The number of halogens is 3. The second-order valence-electron chi connectivity index (χ2n) is 2.81. The van der Waals surface area contributed by atoms with Gasteiger partial charge in [0.15, 0.2) is 0 Å². The zero-order valence-corrected chi connectivity index (χ0v) is 7.76. The quantitative estimate of drug-likeness (QED) is 0.824. The molecule has 82 valence electrons. The molecule has 0 bridgehead atoms. The number of alkyl halides is 3. The van der Waals surface area contributed by atoms with Crippen molar-refractivity contribution < 1.29 is 22.7 Å². The van der Waals surface area contributed by atoms with Gasteiger partial charge in [0.2, 0.25) is 5.91 Å². The molecule has 0 aliphatic heterocycles. The maximum Gasteiger partial charge on any atom is 0.416 e. The summed E-state index contributed by atoms with van der Waals surface area (Å²) in [5, 5.41) is 0. The zero-order chi connectivity index (χ0) is 11.6. The Hall–Kier alpha value is -1.72. The molecule has 6 heteroatoms. The first-order chi connectivity index (χ1) is 6.84. The fourth-order valence-corrected chi connectivity index (χ4v) is 1.02. The Balaban J connectivity index is 3.30. The number of hydrogen-bond acceptors (Lipinski definition) is 2. The second-order valence-corrected chi connectivity index (χ2v) is 2.81. The first-order valence-corrected chi connectivity index (χ1v) is 3.90. The van der Waals surface area contributed by atoms with E-state index in [1.807, 2.05) is 0 Å². The Morgan fingerprint density at radius 2 is 1.93 bits per heavy atom. The first-order valence-electron chi connectivity index (χ1n) is 3.90. The molecule has 3 nitrogen and oxygen atoms in total. The highest BCUT2D eigenvalue weighted by Gasteiger charge is 2.31. The summed E-state index contributed by atoms with van der Waals surface area (Å²) in [7, 11) is 1.21. The molecule has 2 N–H and O–H groups in total. The van der Waals surface area contributed by atoms with Crippen molar-refractivity contribution in [3.63, 3.8) is 0 Å². The molecule has 1 rings (SSSR count). The topological polar surface area (TPSA) is 52.3 Å². The minimum absolute atomic E-state index is 0.0568. The van der Waals surface area contributed by atoms with Crippen LogP contribution in [0.5, 0.6) is 5.75 Å². The summed E-state index contributed by atoms with van der Waals surface area (Å²) in [6.07, 6.45) is -4.53. The summed E-state index contributed by atoms with van der Waals surface area (Å²) in [6.45, 7) is 0. The van der Waals surface area contributed by atoms with E-state index in [0.29, 0.717) is 6.07 Å². The number of carbonyl (C=O) groups excluding carboxylic acids is 1. The lowest BCUT2D eigenvalue weighted by atomic mass is 10.1.